The molecule has 1 N–H and O–H groups in total. The van der Waals surface area contributed by atoms with Gasteiger partial charge < -0.3 is 9.73 Å². The van der Waals surface area contributed by atoms with Gasteiger partial charge in [0.25, 0.3) is 0 Å². The highest BCUT2D eigenvalue weighted by Crippen LogP contribution is 2.30. The highest BCUT2D eigenvalue weighted by Gasteiger charge is 2.18. The van der Waals surface area contributed by atoms with Gasteiger partial charge in [0, 0.05) is 22.6 Å². The molecule has 2 heterocycles. The molecule has 0 atom stereocenters. The Labute approximate surface area is 182 Å². The van der Waals surface area contributed by atoms with Gasteiger partial charge in [0.05, 0.1) is 5.75 Å². The zero-order valence-electron chi connectivity index (χ0n) is 16.3. The Hall–Kier alpha value is -3.03. The third kappa shape index (κ3) is 4.42. The average molecular weight is 439 g/mol. The van der Waals surface area contributed by atoms with Gasteiger partial charge in [-0.25, -0.2) is 0 Å². The molecule has 0 unspecified atom stereocenters. The van der Waals surface area contributed by atoms with Crippen LogP contribution in [0.2, 0.25) is 5.02 Å². The van der Waals surface area contributed by atoms with Gasteiger partial charge >= 0.3 is 0 Å². The molecule has 2 aromatic carbocycles. The van der Waals surface area contributed by atoms with Crippen molar-refractivity contribution in [1.29, 1.82) is 0 Å². The van der Waals surface area contributed by atoms with E-state index in [1.54, 1.807) is 12.1 Å². The number of hydrogen-bond donors (Lipinski definition) is 1. The number of nitrogens with one attached hydrogen (secondary N) is 1. The molecule has 0 fully saturated rings. The van der Waals surface area contributed by atoms with Gasteiger partial charge in [-0.2, -0.15) is 0 Å². The standard InChI is InChI=1S/C22H19ClN4O2S/c1-3-10-27-21(19-12-15-11-16(23)6-9-18(15)29-19)25-26-22(27)30-13-20(28)24-17-7-4-14(2)5-8-17/h3-9,11-12H,1,10,13H2,2H3,(H,24,28). The molecular formula is C22H19ClN4O2S. The molecule has 6 nitrogen and oxygen atoms in total. The van der Waals surface area contributed by atoms with E-state index in [2.05, 4.69) is 22.1 Å². The third-order valence-electron chi connectivity index (χ3n) is 4.39. The first kappa shape index (κ1) is 20.3. The number of halogens is 1. The van der Waals surface area contributed by atoms with Crippen LogP contribution in [0.15, 0.2) is 70.8 Å². The molecular weight excluding hydrogens is 420 g/mol. The normalized spacial score (nSPS) is 11.0. The summed E-state index contributed by atoms with van der Waals surface area (Å²) in [4.78, 5) is 12.3. The number of nitrogens with zero attached hydrogens (tertiary/aromatic N) is 3. The van der Waals surface area contributed by atoms with E-state index in [1.165, 1.54) is 11.8 Å². The van der Waals surface area contributed by atoms with E-state index in [9.17, 15) is 4.79 Å². The Balaban J connectivity index is 1.52. The van der Waals surface area contributed by atoms with E-state index in [4.69, 9.17) is 16.0 Å². The van der Waals surface area contributed by atoms with Crippen molar-refractivity contribution in [3.8, 4) is 11.6 Å². The summed E-state index contributed by atoms with van der Waals surface area (Å²) in [5.41, 5.74) is 2.62. The van der Waals surface area contributed by atoms with Crippen molar-refractivity contribution in [2.45, 2.75) is 18.6 Å². The molecule has 1 amide bonds. The summed E-state index contributed by atoms with van der Waals surface area (Å²) in [6.07, 6.45) is 1.75. The maximum Gasteiger partial charge on any atom is 0.234 e. The highest BCUT2D eigenvalue weighted by molar-refractivity contribution is 7.99. The number of furan rings is 1. The SMILES string of the molecule is C=CCn1c(SCC(=O)Nc2ccc(C)cc2)nnc1-c1cc2cc(Cl)ccc2o1. The fourth-order valence-corrected chi connectivity index (χ4v) is 3.89. The van der Waals surface area contributed by atoms with Crippen molar-refractivity contribution in [3.05, 3.63) is 71.8 Å². The second-order valence-corrected chi connectivity index (χ2v) is 8.08. The van der Waals surface area contributed by atoms with E-state index in [0.717, 1.165) is 16.6 Å². The fourth-order valence-electron chi connectivity index (χ4n) is 2.96. The van der Waals surface area contributed by atoms with Crippen LogP contribution in [0.3, 0.4) is 0 Å². The molecule has 0 aliphatic rings. The average Bonchev–Trinajstić information content (AvgIpc) is 3.32. The van der Waals surface area contributed by atoms with Gasteiger partial charge in [0.2, 0.25) is 11.7 Å². The lowest BCUT2D eigenvalue weighted by Gasteiger charge is -2.07. The molecule has 2 aromatic heterocycles. The van der Waals surface area contributed by atoms with Gasteiger partial charge in [0.15, 0.2) is 10.9 Å². The summed E-state index contributed by atoms with van der Waals surface area (Å²) in [7, 11) is 0. The number of rotatable bonds is 7. The van der Waals surface area contributed by atoms with Crippen LogP contribution in [0, 0.1) is 6.92 Å². The van der Waals surface area contributed by atoms with Crippen molar-refractivity contribution < 1.29 is 9.21 Å². The number of benzene rings is 2. The Morgan fingerprint density at radius 3 is 2.80 bits per heavy atom. The van der Waals surface area contributed by atoms with Gasteiger partial charge in [-0.3, -0.25) is 9.36 Å². The van der Waals surface area contributed by atoms with Crippen LogP contribution in [0.4, 0.5) is 5.69 Å². The van der Waals surface area contributed by atoms with E-state index in [-0.39, 0.29) is 11.7 Å². The zero-order valence-corrected chi connectivity index (χ0v) is 17.8. The van der Waals surface area contributed by atoms with Crippen LogP contribution in [0.25, 0.3) is 22.6 Å². The number of aryl methyl sites for hydroxylation is 1. The van der Waals surface area contributed by atoms with Crippen LogP contribution < -0.4 is 5.32 Å². The lowest BCUT2D eigenvalue weighted by Crippen LogP contribution is -2.14. The molecule has 152 valence electrons. The van der Waals surface area contributed by atoms with E-state index >= 15 is 0 Å². The lowest BCUT2D eigenvalue weighted by molar-refractivity contribution is -0.113. The number of aromatic nitrogens is 3. The molecule has 4 rings (SSSR count). The molecule has 4 aromatic rings. The lowest BCUT2D eigenvalue weighted by atomic mass is 10.2. The van der Waals surface area contributed by atoms with E-state index < -0.39 is 0 Å². The number of hydrogen-bond acceptors (Lipinski definition) is 5. The van der Waals surface area contributed by atoms with Crippen LogP contribution in [0.1, 0.15) is 5.56 Å². The molecule has 0 aliphatic carbocycles. The van der Waals surface area contributed by atoms with Crippen molar-refractivity contribution >= 4 is 45.9 Å². The maximum absolute atomic E-state index is 12.3. The summed E-state index contributed by atoms with van der Waals surface area (Å²) in [5.74, 6) is 1.25. The molecule has 0 spiro atoms. The minimum absolute atomic E-state index is 0.114. The summed E-state index contributed by atoms with van der Waals surface area (Å²) < 4.78 is 7.79. The molecule has 0 aliphatic heterocycles. The number of carbonyl (C=O) groups excluding carboxylic acids is 1. The number of thioether (sulfide) groups is 1. The quantitative estimate of drug-likeness (QED) is 0.301. The maximum atomic E-state index is 12.3. The van der Waals surface area contributed by atoms with Gasteiger partial charge in [-0.15, -0.1) is 16.8 Å². The minimum atomic E-state index is -0.114. The minimum Gasteiger partial charge on any atom is -0.453 e. The van der Waals surface area contributed by atoms with Crippen molar-refractivity contribution in [2.24, 2.45) is 0 Å². The van der Waals surface area contributed by atoms with Crippen LogP contribution >= 0.6 is 23.4 Å². The summed E-state index contributed by atoms with van der Waals surface area (Å²) >= 11 is 7.38. The topological polar surface area (TPSA) is 73.0 Å². The Morgan fingerprint density at radius 1 is 1.23 bits per heavy atom. The first-order valence-corrected chi connectivity index (χ1v) is 10.6. The number of anilines is 1. The number of amides is 1. The molecule has 0 saturated carbocycles. The Kier molecular flexibility index (Phi) is 5.92. The molecule has 30 heavy (non-hydrogen) atoms. The number of carbonyl (C=O) groups is 1. The monoisotopic (exact) mass is 438 g/mol. The summed E-state index contributed by atoms with van der Waals surface area (Å²) in [6.45, 7) is 6.30. The van der Waals surface area contributed by atoms with Crippen molar-refractivity contribution in [1.82, 2.24) is 14.8 Å². The molecule has 0 saturated heterocycles. The smallest absolute Gasteiger partial charge is 0.234 e. The van der Waals surface area contributed by atoms with Gasteiger partial charge in [0.1, 0.15) is 5.58 Å². The number of allylic oxidation sites excluding steroid dienone is 1. The third-order valence-corrected chi connectivity index (χ3v) is 5.60. The molecule has 0 radical (unpaired) electrons. The van der Waals surface area contributed by atoms with Crippen LogP contribution in [-0.4, -0.2) is 26.4 Å². The molecule has 8 heteroatoms. The zero-order chi connectivity index (χ0) is 21.1. The second-order valence-electron chi connectivity index (χ2n) is 6.70. The second kappa shape index (κ2) is 8.77. The summed E-state index contributed by atoms with van der Waals surface area (Å²) in [6, 6.07) is 15.0. The predicted molar refractivity (Wildman–Crippen MR) is 121 cm³/mol. The first-order chi connectivity index (χ1) is 14.5. The van der Waals surface area contributed by atoms with Crippen LogP contribution in [0.5, 0.6) is 0 Å². The highest BCUT2D eigenvalue weighted by atomic mass is 35.5. The Morgan fingerprint density at radius 2 is 2.03 bits per heavy atom. The summed E-state index contributed by atoms with van der Waals surface area (Å²) in [5, 5.41) is 13.6. The first-order valence-electron chi connectivity index (χ1n) is 9.26. The van der Waals surface area contributed by atoms with Gasteiger partial charge in [-0.05, 0) is 43.3 Å². The van der Waals surface area contributed by atoms with E-state index in [0.29, 0.717) is 33.9 Å². The van der Waals surface area contributed by atoms with E-state index in [1.807, 2.05) is 54.0 Å². The predicted octanol–water partition coefficient (Wildman–Crippen LogP) is 5.57. The fraction of sp³-hybridized carbons (Fsp3) is 0.136. The molecule has 0 bridgehead atoms. The van der Waals surface area contributed by atoms with Crippen molar-refractivity contribution in [2.75, 3.05) is 11.1 Å². The van der Waals surface area contributed by atoms with Crippen LogP contribution in [-0.2, 0) is 11.3 Å². The Bertz CT molecular complexity index is 1210. The van der Waals surface area contributed by atoms with Crippen molar-refractivity contribution in [3.63, 3.8) is 0 Å². The van der Waals surface area contributed by atoms with Gasteiger partial charge in [-0.1, -0.05) is 47.1 Å². The number of fused-ring (bicyclic) bond motifs is 1. The largest absolute Gasteiger partial charge is 0.453 e.